The summed E-state index contributed by atoms with van der Waals surface area (Å²) >= 11 is 0. The minimum atomic E-state index is -0.693. The molecule has 1 fully saturated rings. The van der Waals surface area contributed by atoms with Gasteiger partial charge in [-0.1, -0.05) is 29.4 Å². The maximum Gasteiger partial charge on any atom is 0.271 e. The molecular formula is C17H16N4O3. The number of pyridine rings is 1. The van der Waals surface area contributed by atoms with Crippen LogP contribution in [0.5, 0.6) is 0 Å². The molecule has 0 atom stereocenters. The van der Waals surface area contributed by atoms with Crippen molar-refractivity contribution in [1.29, 1.82) is 0 Å². The lowest BCUT2D eigenvalue weighted by molar-refractivity contribution is 0.0305. The molecule has 0 bridgehead atoms. The van der Waals surface area contributed by atoms with Gasteiger partial charge in [0.2, 0.25) is 6.39 Å². The summed E-state index contributed by atoms with van der Waals surface area (Å²) in [5.41, 5.74) is -0.302. The fourth-order valence-electron chi connectivity index (χ4n) is 3.08. The van der Waals surface area contributed by atoms with Crippen molar-refractivity contribution in [2.24, 2.45) is 0 Å². The Morgan fingerprint density at radius 1 is 1.12 bits per heavy atom. The molecule has 3 aromatic rings. The summed E-state index contributed by atoms with van der Waals surface area (Å²) in [5.74, 6) is 0.220. The third-order valence-corrected chi connectivity index (χ3v) is 4.38. The Morgan fingerprint density at radius 2 is 1.96 bits per heavy atom. The van der Waals surface area contributed by atoms with E-state index in [0.717, 1.165) is 10.8 Å². The van der Waals surface area contributed by atoms with Gasteiger partial charge in [-0.2, -0.15) is 4.98 Å². The second kappa shape index (κ2) is 6.01. The fraction of sp³-hybridized carbons (Fsp3) is 0.294. The highest BCUT2D eigenvalue weighted by Gasteiger charge is 2.40. The second-order valence-corrected chi connectivity index (χ2v) is 5.78. The van der Waals surface area contributed by atoms with Crippen molar-refractivity contribution in [3.8, 4) is 0 Å². The predicted molar refractivity (Wildman–Crippen MR) is 85.2 cm³/mol. The van der Waals surface area contributed by atoms with Gasteiger partial charge < -0.3 is 14.6 Å². The first-order chi connectivity index (χ1) is 11.8. The van der Waals surface area contributed by atoms with Crippen molar-refractivity contribution in [2.45, 2.75) is 18.4 Å². The predicted octanol–water partition coefficient (Wildman–Crippen LogP) is 2.05. The highest BCUT2D eigenvalue weighted by atomic mass is 16.5. The van der Waals surface area contributed by atoms with E-state index in [1.165, 1.54) is 6.39 Å². The van der Waals surface area contributed by atoms with Crippen molar-refractivity contribution in [1.82, 2.24) is 20.4 Å². The van der Waals surface area contributed by atoms with Crippen LogP contribution >= 0.6 is 0 Å². The Morgan fingerprint density at radius 3 is 2.75 bits per heavy atom. The summed E-state index contributed by atoms with van der Waals surface area (Å²) in [6.45, 7) is 1.05. The topological polar surface area (TPSA) is 90.1 Å². The van der Waals surface area contributed by atoms with Gasteiger partial charge in [0.1, 0.15) is 11.2 Å². The first-order valence-corrected chi connectivity index (χ1v) is 7.79. The van der Waals surface area contributed by atoms with E-state index in [-0.39, 0.29) is 5.91 Å². The van der Waals surface area contributed by atoms with Crippen LogP contribution in [0, 0.1) is 0 Å². The van der Waals surface area contributed by atoms with E-state index in [4.69, 9.17) is 9.26 Å². The molecule has 1 N–H and O–H groups in total. The van der Waals surface area contributed by atoms with Crippen LogP contribution in [0.1, 0.15) is 29.2 Å². The summed E-state index contributed by atoms with van der Waals surface area (Å²) in [4.78, 5) is 21.4. The number of carbonyl (C=O) groups excluding carboxylic acids is 1. The zero-order valence-electron chi connectivity index (χ0n) is 12.9. The molecule has 1 saturated heterocycles. The summed E-state index contributed by atoms with van der Waals surface area (Å²) < 4.78 is 10.3. The molecule has 0 radical (unpaired) electrons. The third-order valence-electron chi connectivity index (χ3n) is 4.38. The van der Waals surface area contributed by atoms with Crippen LogP contribution < -0.4 is 5.32 Å². The molecule has 2 aromatic heterocycles. The lowest BCUT2D eigenvalue weighted by Crippen LogP contribution is -2.50. The Labute approximate surface area is 138 Å². The minimum absolute atomic E-state index is 0.251. The molecular weight excluding hydrogens is 308 g/mol. The Kier molecular flexibility index (Phi) is 3.70. The van der Waals surface area contributed by atoms with Crippen LogP contribution in [0.4, 0.5) is 0 Å². The lowest BCUT2D eigenvalue weighted by atomic mass is 9.88. The van der Waals surface area contributed by atoms with Crippen LogP contribution in [-0.4, -0.2) is 34.2 Å². The van der Waals surface area contributed by atoms with Crippen LogP contribution in [0.25, 0.3) is 10.8 Å². The highest BCUT2D eigenvalue weighted by Crippen LogP contribution is 2.30. The van der Waals surface area contributed by atoms with Gasteiger partial charge in [-0.3, -0.25) is 9.78 Å². The number of hydrogen-bond donors (Lipinski definition) is 1. The van der Waals surface area contributed by atoms with Gasteiger partial charge in [0.05, 0.1) is 0 Å². The molecule has 24 heavy (non-hydrogen) atoms. The number of rotatable bonds is 3. The fourth-order valence-corrected chi connectivity index (χ4v) is 3.08. The summed E-state index contributed by atoms with van der Waals surface area (Å²) in [6.07, 6.45) is 4.09. The van der Waals surface area contributed by atoms with Crippen LogP contribution in [-0.2, 0) is 10.3 Å². The molecule has 1 aromatic carbocycles. The van der Waals surface area contributed by atoms with Crippen molar-refractivity contribution in [2.75, 3.05) is 13.2 Å². The zero-order valence-corrected chi connectivity index (χ0v) is 12.9. The number of nitrogens with zero attached hydrogens (tertiary/aromatic N) is 3. The molecule has 0 saturated carbocycles. The monoisotopic (exact) mass is 324 g/mol. The molecule has 0 spiro atoms. The van der Waals surface area contributed by atoms with E-state index in [2.05, 4.69) is 20.4 Å². The number of amides is 1. The molecule has 1 aliphatic heterocycles. The average molecular weight is 324 g/mol. The van der Waals surface area contributed by atoms with Gasteiger partial charge in [0.15, 0.2) is 5.82 Å². The number of fused-ring (bicyclic) bond motifs is 1. The van der Waals surface area contributed by atoms with Gasteiger partial charge in [-0.25, -0.2) is 0 Å². The smallest absolute Gasteiger partial charge is 0.271 e. The Bertz CT molecular complexity index is 852. The van der Waals surface area contributed by atoms with E-state index in [1.807, 2.05) is 30.3 Å². The van der Waals surface area contributed by atoms with Crippen LogP contribution in [0.2, 0.25) is 0 Å². The van der Waals surface area contributed by atoms with Gasteiger partial charge in [0.25, 0.3) is 5.91 Å². The molecule has 3 heterocycles. The van der Waals surface area contributed by atoms with Crippen LogP contribution in [0.15, 0.2) is 47.4 Å². The second-order valence-electron chi connectivity index (χ2n) is 5.78. The van der Waals surface area contributed by atoms with E-state index in [9.17, 15) is 4.79 Å². The maximum atomic E-state index is 12.9. The average Bonchev–Trinajstić information content (AvgIpc) is 3.17. The lowest BCUT2D eigenvalue weighted by Gasteiger charge is -2.35. The number of carbonyl (C=O) groups is 1. The SMILES string of the molecule is O=C(NC1(c2ncon2)CCOCC1)c1nccc2ccccc12. The standard InChI is InChI=1S/C17H16N4O3/c22-15(14-13-4-2-1-3-12(13)5-8-18-14)20-17(6-9-23-10-7-17)16-19-11-24-21-16/h1-5,8,11H,6-7,9-10H2,(H,20,22). The summed E-state index contributed by atoms with van der Waals surface area (Å²) in [5, 5.41) is 8.80. The van der Waals surface area contributed by atoms with E-state index in [0.29, 0.717) is 37.6 Å². The van der Waals surface area contributed by atoms with Gasteiger partial charge >= 0.3 is 0 Å². The summed E-state index contributed by atoms with van der Waals surface area (Å²) in [6, 6.07) is 9.56. The van der Waals surface area contributed by atoms with Crippen molar-refractivity contribution in [3.63, 3.8) is 0 Å². The Hall–Kier alpha value is -2.80. The quantitative estimate of drug-likeness (QED) is 0.793. The van der Waals surface area contributed by atoms with Crippen molar-refractivity contribution < 1.29 is 14.1 Å². The molecule has 7 heteroatoms. The number of hydrogen-bond acceptors (Lipinski definition) is 6. The van der Waals surface area contributed by atoms with Crippen LogP contribution in [0.3, 0.4) is 0 Å². The van der Waals surface area contributed by atoms with E-state index >= 15 is 0 Å². The van der Waals surface area contributed by atoms with E-state index < -0.39 is 5.54 Å². The molecule has 1 amide bonds. The molecule has 7 nitrogen and oxygen atoms in total. The largest absolute Gasteiger partial charge is 0.381 e. The van der Waals surface area contributed by atoms with Crippen molar-refractivity contribution in [3.05, 3.63) is 54.4 Å². The van der Waals surface area contributed by atoms with Gasteiger partial charge in [-0.05, 0) is 11.5 Å². The number of ether oxygens (including phenoxy) is 1. The number of aromatic nitrogens is 3. The maximum absolute atomic E-state index is 12.9. The van der Waals surface area contributed by atoms with E-state index in [1.54, 1.807) is 6.20 Å². The first kappa shape index (κ1) is 14.8. The number of benzene rings is 1. The first-order valence-electron chi connectivity index (χ1n) is 7.79. The van der Waals surface area contributed by atoms with Crippen molar-refractivity contribution >= 4 is 16.7 Å². The molecule has 1 aliphatic rings. The van der Waals surface area contributed by atoms with Gasteiger partial charge in [0, 0.05) is 37.6 Å². The Balaban J connectivity index is 1.71. The molecule has 4 rings (SSSR count). The number of nitrogens with one attached hydrogen (secondary N) is 1. The zero-order chi connectivity index (χ0) is 16.4. The normalized spacial score (nSPS) is 16.8. The molecule has 122 valence electrons. The minimum Gasteiger partial charge on any atom is -0.381 e. The summed E-state index contributed by atoms with van der Waals surface area (Å²) in [7, 11) is 0. The molecule has 0 aliphatic carbocycles. The third kappa shape index (κ3) is 2.52. The highest BCUT2D eigenvalue weighted by molar-refractivity contribution is 6.05. The van der Waals surface area contributed by atoms with Gasteiger partial charge in [-0.15, -0.1) is 0 Å². The molecule has 0 unspecified atom stereocenters.